The Morgan fingerprint density at radius 2 is 0.744 bits per heavy atom. The summed E-state index contributed by atoms with van der Waals surface area (Å²) in [5, 5.41) is 0. The van der Waals surface area contributed by atoms with Crippen molar-refractivity contribution in [3.63, 3.8) is 0 Å². The number of unbranched alkanes of at least 4 members (excludes halogenated alkanes) is 5. The lowest BCUT2D eigenvalue weighted by Gasteiger charge is -2.44. The first-order valence-electron chi connectivity index (χ1n) is 18.0. The molecule has 0 saturated heterocycles. The predicted octanol–water partition coefficient (Wildman–Crippen LogP) is 9.89. The van der Waals surface area contributed by atoms with Crippen molar-refractivity contribution in [2.75, 3.05) is 26.2 Å². The van der Waals surface area contributed by atoms with E-state index in [2.05, 4.69) is 128 Å². The molecule has 0 N–H and O–H groups in total. The Hall–Kier alpha value is -2.32. The van der Waals surface area contributed by atoms with E-state index in [0.717, 1.165) is 0 Å². The number of quaternary nitrogens is 1. The normalized spacial score (nSPS) is 11.7. The molecule has 0 aromatic heterocycles. The monoisotopic (exact) mass is 584 g/mol. The minimum atomic E-state index is -0.971. The largest absolute Gasteiger partial charge is 0.324 e. The molecule has 0 aliphatic rings. The van der Waals surface area contributed by atoms with Gasteiger partial charge in [0.05, 0.1) is 32.3 Å². The molecule has 1 nitrogen and oxygen atoms in total. The quantitative estimate of drug-likeness (QED) is 0.103. The lowest BCUT2D eigenvalue weighted by atomic mass is 9.14. The predicted molar refractivity (Wildman–Crippen MR) is 197 cm³/mol. The maximum Gasteiger partial charge on any atom is 0.0815 e. The van der Waals surface area contributed by atoms with Gasteiger partial charge in [0.2, 0.25) is 0 Å². The van der Waals surface area contributed by atoms with Crippen LogP contribution in [0, 0.1) is 20.8 Å². The van der Waals surface area contributed by atoms with Gasteiger partial charge in [0.15, 0.2) is 0 Å². The van der Waals surface area contributed by atoms with E-state index in [1.807, 2.05) is 0 Å². The lowest BCUT2D eigenvalue weighted by Crippen LogP contribution is -2.67. The summed E-state index contributed by atoms with van der Waals surface area (Å²) < 4.78 is 1.42. The standard InChI is InChI=1S/C25H30B.C16H36N/c1-5-6-16-26(23-13-7-10-20(2)17-23,24-14-8-11-21(3)18-24)25-15-9-12-22(4)19-25;1-5-9-13-17(14-10-6-2,15-11-7-3)16-12-8-4/h7-15,17-19H,5-6,16H2,1-4H3;5-16H2,1-4H3/q-1;+1. The molecule has 0 heterocycles. The third kappa shape index (κ3) is 11.3. The minimum Gasteiger partial charge on any atom is -0.324 e. The van der Waals surface area contributed by atoms with Crippen LogP contribution in [0.4, 0.5) is 0 Å². The lowest BCUT2D eigenvalue weighted by molar-refractivity contribution is -0.929. The topological polar surface area (TPSA) is 0 Å². The Labute approximate surface area is 268 Å². The Bertz CT molecular complexity index is 1020. The summed E-state index contributed by atoms with van der Waals surface area (Å²) in [6.45, 7) is 23.9. The fraction of sp³-hybridized carbons (Fsp3) is 0.561. The Kier molecular flexibility index (Phi) is 17.0. The summed E-state index contributed by atoms with van der Waals surface area (Å²) in [6.07, 6.45) is 13.7. The zero-order valence-corrected chi connectivity index (χ0v) is 29.6. The van der Waals surface area contributed by atoms with Crippen molar-refractivity contribution in [1.29, 1.82) is 0 Å². The van der Waals surface area contributed by atoms with Crippen LogP contribution < -0.4 is 16.4 Å². The van der Waals surface area contributed by atoms with Crippen LogP contribution in [0.1, 0.15) is 116 Å². The number of aryl methyl sites for hydroxylation is 3. The van der Waals surface area contributed by atoms with E-state index in [9.17, 15) is 0 Å². The molecule has 0 unspecified atom stereocenters. The first-order chi connectivity index (χ1) is 20.8. The second-order valence-corrected chi connectivity index (χ2v) is 13.6. The van der Waals surface area contributed by atoms with Crippen LogP contribution in [0.2, 0.25) is 6.32 Å². The third-order valence-electron chi connectivity index (χ3n) is 9.77. The van der Waals surface area contributed by atoms with Gasteiger partial charge in [-0.1, -0.05) is 163 Å². The van der Waals surface area contributed by atoms with Gasteiger partial charge in [-0.2, -0.15) is 22.7 Å². The van der Waals surface area contributed by atoms with Crippen molar-refractivity contribution < 1.29 is 4.48 Å². The summed E-state index contributed by atoms with van der Waals surface area (Å²) in [6, 6.07) is 27.5. The number of rotatable bonds is 18. The van der Waals surface area contributed by atoms with Gasteiger partial charge in [0.25, 0.3) is 0 Å². The Balaban J connectivity index is 0.000000332. The van der Waals surface area contributed by atoms with Crippen molar-refractivity contribution in [2.24, 2.45) is 0 Å². The average molecular weight is 584 g/mol. The first kappa shape index (κ1) is 36.9. The van der Waals surface area contributed by atoms with E-state index < -0.39 is 6.15 Å². The van der Waals surface area contributed by atoms with Crippen molar-refractivity contribution in [3.05, 3.63) is 89.5 Å². The van der Waals surface area contributed by atoms with Crippen molar-refractivity contribution >= 4 is 22.5 Å². The minimum absolute atomic E-state index is 0.971. The molecular weight excluding hydrogens is 517 g/mol. The van der Waals surface area contributed by atoms with Gasteiger partial charge in [0.1, 0.15) is 0 Å². The summed E-state index contributed by atoms with van der Waals surface area (Å²) in [5.41, 5.74) is 8.42. The number of nitrogens with zero attached hydrogens (tertiary/aromatic N) is 1. The van der Waals surface area contributed by atoms with E-state index in [0.29, 0.717) is 0 Å². The Morgan fingerprint density at radius 1 is 0.442 bits per heavy atom. The van der Waals surface area contributed by atoms with Gasteiger partial charge in [-0.05, 0) is 46.5 Å². The van der Waals surface area contributed by atoms with E-state index in [-0.39, 0.29) is 0 Å². The summed E-state index contributed by atoms with van der Waals surface area (Å²) >= 11 is 0. The maximum absolute atomic E-state index is 2.40. The van der Waals surface area contributed by atoms with Gasteiger partial charge in [-0.3, -0.25) is 0 Å². The summed E-state index contributed by atoms with van der Waals surface area (Å²) in [5.74, 6) is 0. The van der Waals surface area contributed by atoms with Crippen molar-refractivity contribution in [2.45, 2.75) is 126 Å². The van der Waals surface area contributed by atoms with E-state index in [4.69, 9.17) is 0 Å². The van der Waals surface area contributed by atoms with Crippen LogP contribution in [-0.2, 0) is 0 Å². The van der Waals surface area contributed by atoms with E-state index >= 15 is 0 Å². The molecule has 0 spiro atoms. The maximum atomic E-state index is 2.40. The molecule has 3 aromatic carbocycles. The first-order valence-corrected chi connectivity index (χ1v) is 18.0. The SMILES string of the molecule is CCCC[B-](c1cccc(C)c1)(c1cccc(C)c1)c1cccc(C)c1.CCCC[N+](CCCC)(CCCC)CCCC. The molecule has 0 atom stereocenters. The van der Waals surface area contributed by atoms with E-state index in [1.54, 1.807) is 0 Å². The fourth-order valence-corrected chi connectivity index (χ4v) is 7.16. The number of benzene rings is 3. The molecule has 0 radical (unpaired) electrons. The van der Waals surface area contributed by atoms with Crippen LogP contribution >= 0.6 is 0 Å². The van der Waals surface area contributed by atoms with Crippen LogP contribution in [0.25, 0.3) is 0 Å². The molecular formula is C41H66BN. The highest BCUT2D eigenvalue weighted by Crippen LogP contribution is 2.19. The zero-order valence-electron chi connectivity index (χ0n) is 29.6. The smallest absolute Gasteiger partial charge is 0.0815 e. The number of hydrogen-bond donors (Lipinski definition) is 0. The van der Waals surface area contributed by atoms with Crippen LogP contribution in [0.5, 0.6) is 0 Å². The molecule has 2 heteroatoms. The third-order valence-corrected chi connectivity index (χ3v) is 9.77. The van der Waals surface area contributed by atoms with Crippen LogP contribution in [0.15, 0.2) is 72.8 Å². The van der Waals surface area contributed by atoms with E-state index in [1.165, 1.54) is 134 Å². The highest BCUT2D eigenvalue weighted by Gasteiger charge is 2.29. The van der Waals surface area contributed by atoms with Crippen molar-refractivity contribution in [3.8, 4) is 0 Å². The van der Waals surface area contributed by atoms with Crippen LogP contribution in [0.3, 0.4) is 0 Å². The molecule has 0 bridgehead atoms. The molecule has 0 aliphatic heterocycles. The highest BCUT2D eigenvalue weighted by molar-refractivity contribution is 7.11. The van der Waals surface area contributed by atoms with Gasteiger partial charge in [-0.15, -0.1) is 0 Å². The molecule has 0 fully saturated rings. The zero-order chi connectivity index (χ0) is 31.6. The van der Waals surface area contributed by atoms with Gasteiger partial charge >= 0.3 is 0 Å². The van der Waals surface area contributed by atoms with Crippen LogP contribution in [-0.4, -0.2) is 36.8 Å². The molecule has 238 valence electrons. The molecule has 0 saturated carbocycles. The number of hydrogen-bond acceptors (Lipinski definition) is 0. The van der Waals surface area contributed by atoms with Gasteiger partial charge in [-0.25, -0.2) is 0 Å². The van der Waals surface area contributed by atoms with Gasteiger partial charge in [0, 0.05) is 0 Å². The van der Waals surface area contributed by atoms with Crippen molar-refractivity contribution in [1.82, 2.24) is 0 Å². The highest BCUT2D eigenvalue weighted by atomic mass is 15.3. The molecule has 0 aliphatic carbocycles. The molecule has 3 aromatic rings. The summed E-state index contributed by atoms with van der Waals surface area (Å²) in [4.78, 5) is 0. The Morgan fingerprint density at radius 3 is 1.00 bits per heavy atom. The molecule has 43 heavy (non-hydrogen) atoms. The van der Waals surface area contributed by atoms with Gasteiger partial charge < -0.3 is 4.48 Å². The summed E-state index contributed by atoms with van der Waals surface area (Å²) in [7, 11) is 0. The average Bonchev–Trinajstić information content (AvgIpc) is 3.01. The second-order valence-electron chi connectivity index (χ2n) is 13.6. The fourth-order valence-electron chi connectivity index (χ4n) is 7.16. The molecule has 0 amide bonds. The second kappa shape index (κ2) is 19.9. The molecule has 3 rings (SSSR count).